The molecule has 0 amide bonds. The molecular formula is C9H18N2O2S. The zero-order valence-corrected chi connectivity index (χ0v) is 9.15. The van der Waals surface area contributed by atoms with Gasteiger partial charge in [-0.3, -0.25) is 0 Å². The molecule has 5 heteroatoms. The highest BCUT2D eigenvalue weighted by atomic mass is 32.2. The summed E-state index contributed by atoms with van der Waals surface area (Å²) in [6.45, 7) is 4.98. The van der Waals surface area contributed by atoms with Crippen LogP contribution in [0.1, 0.15) is 19.3 Å². The Morgan fingerprint density at radius 2 is 2.36 bits per heavy atom. The minimum absolute atomic E-state index is 0.00505. The van der Waals surface area contributed by atoms with E-state index in [1.54, 1.807) is 0 Å². The second-order valence-corrected chi connectivity index (χ2v) is 5.40. The first-order valence-electron chi connectivity index (χ1n) is 4.95. The Bertz CT molecular complexity index is 269. The normalized spacial score (nSPS) is 22.4. The van der Waals surface area contributed by atoms with Crippen LogP contribution >= 0.6 is 0 Å². The summed E-state index contributed by atoms with van der Waals surface area (Å²) in [5, 5.41) is 3.32. The van der Waals surface area contributed by atoms with Gasteiger partial charge in [-0.15, -0.1) is 6.58 Å². The van der Waals surface area contributed by atoms with Gasteiger partial charge in [0.1, 0.15) is 0 Å². The van der Waals surface area contributed by atoms with Crippen molar-refractivity contribution in [2.24, 2.45) is 0 Å². The van der Waals surface area contributed by atoms with Crippen LogP contribution in [-0.4, -0.2) is 33.3 Å². The molecule has 1 heterocycles. The molecule has 1 saturated heterocycles. The van der Waals surface area contributed by atoms with Gasteiger partial charge in [0.25, 0.3) is 0 Å². The molecule has 1 unspecified atom stereocenters. The van der Waals surface area contributed by atoms with Crippen molar-refractivity contribution >= 4 is 10.0 Å². The zero-order chi connectivity index (χ0) is 10.4. The molecule has 1 atom stereocenters. The summed E-state index contributed by atoms with van der Waals surface area (Å²) in [5.74, 6) is 0.00505. The van der Waals surface area contributed by atoms with Crippen LogP contribution in [0.15, 0.2) is 12.7 Å². The second-order valence-electron chi connectivity index (χ2n) is 3.55. The average molecular weight is 218 g/mol. The highest BCUT2D eigenvalue weighted by Gasteiger charge is 2.14. The SMILES string of the molecule is C=CCS(=O)(=O)NCCC1CCCN1. The first kappa shape index (κ1) is 11.7. The topological polar surface area (TPSA) is 58.2 Å². The van der Waals surface area contributed by atoms with Crippen molar-refractivity contribution in [2.75, 3.05) is 18.8 Å². The van der Waals surface area contributed by atoms with Gasteiger partial charge >= 0.3 is 0 Å². The van der Waals surface area contributed by atoms with E-state index in [-0.39, 0.29) is 5.75 Å². The van der Waals surface area contributed by atoms with Crippen LogP contribution in [0.4, 0.5) is 0 Å². The Balaban J connectivity index is 2.16. The molecular weight excluding hydrogens is 200 g/mol. The molecule has 0 bridgehead atoms. The van der Waals surface area contributed by atoms with Crippen molar-refractivity contribution in [3.05, 3.63) is 12.7 Å². The fourth-order valence-corrected chi connectivity index (χ4v) is 2.46. The molecule has 2 N–H and O–H groups in total. The lowest BCUT2D eigenvalue weighted by Gasteiger charge is -2.10. The monoisotopic (exact) mass is 218 g/mol. The summed E-state index contributed by atoms with van der Waals surface area (Å²) < 4.78 is 25.0. The van der Waals surface area contributed by atoms with Gasteiger partial charge in [0, 0.05) is 12.6 Å². The molecule has 0 spiro atoms. The van der Waals surface area contributed by atoms with Gasteiger partial charge in [0.05, 0.1) is 5.75 Å². The summed E-state index contributed by atoms with van der Waals surface area (Å²) in [4.78, 5) is 0. The van der Waals surface area contributed by atoms with Crippen LogP contribution in [0.5, 0.6) is 0 Å². The maximum atomic E-state index is 11.2. The van der Waals surface area contributed by atoms with Crippen LogP contribution in [0.3, 0.4) is 0 Å². The van der Waals surface area contributed by atoms with E-state index in [4.69, 9.17) is 0 Å². The summed E-state index contributed by atoms with van der Waals surface area (Å²) in [7, 11) is -3.12. The van der Waals surface area contributed by atoms with E-state index in [0.29, 0.717) is 12.6 Å². The Morgan fingerprint density at radius 3 is 2.93 bits per heavy atom. The third-order valence-corrected chi connectivity index (χ3v) is 3.63. The second kappa shape index (κ2) is 5.48. The smallest absolute Gasteiger partial charge is 0.215 e. The summed E-state index contributed by atoms with van der Waals surface area (Å²) in [6, 6.07) is 0.487. The van der Waals surface area contributed by atoms with Crippen molar-refractivity contribution in [3.8, 4) is 0 Å². The number of rotatable bonds is 6. The van der Waals surface area contributed by atoms with Crippen molar-refractivity contribution in [1.29, 1.82) is 0 Å². The lowest BCUT2D eigenvalue weighted by Crippen LogP contribution is -2.31. The van der Waals surface area contributed by atoms with Crippen LogP contribution in [0.2, 0.25) is 0 Å². The van der Waals surface area contributed by atoms with Gasteiger partial charge in [-0.05, 0) is 25.8 Å². The molecule has 1 fully saturated rings. The largest absolute Gasteiger partial charge is 0.314 e. The Hall–Kier alpha value is -0.390. The summed E-state index contributed by atoms with van der Waals surface area (Å²) in [6.07, 6.45) is 4.62. The quantitative estimate of drug-likeness (QED) is 0.628. The van der Waals surface area contributed by atoms with Crippen molar-refractivity contribution in [3.63, 3.8) is 0 Å². The first-order valence-corrected chi connectivity index (χ1v) is 6.61. The standard InChI is InChI=1S/C9H18N2O2S/c1-2-8-14(12,13)11-7-5-9-4-3-6-10-9/h2,9-11H,1,3-8H2. The van der Waals surface area contributed by atoms with Gasteiger partial charge in [0.2, 0.25) is 10.0 Å². The summed E-state index contributed by atoms with van der Waals surface area (Å²) in [5.41, 5.74) is 0. The van der Waals surface area contributed by atoms with E-state index in [1.807, 2.05) is 0 Å². The number of nitrogens with one attached hydrogen (secondary N) is 2. The van der Waals surface area contributed by atoms with Gasteiger partial charge in [-0.2, -0.15) is 0 Å². The predicted octanol–water partition coefficient (Wildman–Crippen LogP) is 0.234. The fraction of sp³-hybridized carbons (Fsp3) is 0.778. The van der Waals surface area contributed by atoms with Gasteiger partial charge < -0.3 is 5.32 Å². The fourth-order valence-electron chi connectivity index (χ4n) is 1.61. The van der Waals surface area contributed by atoms with Crippen LogP contribution in [0, 0.1) is 0 Å². The van der Waals surface area contributed by atoms with E-state index < -0.39 is 10.0 Å². The van der Waals surface area contributed by atoms with E-state index in [2.05, 4.69) is 16.6 Å². The first-order chi connectivity index (χ1) is 6.64. The lowest BCUT2D eigenvalue weighted by molar-refractivity contribution is 0.540. The molecule has 1 rings (SSSR count). The van der Waals surface area contributed by atoms with Gasteiger partial charge in [-0.25, -0.2) is 13.1 Å². The number of hydrogen-bond donors (Lipinski definition) is 2. The molecule has 0 aromatic rings. The zero-order valence-electron chi connectivity index (χ0n) is 8.33. The minimum atomic E-state index is -3.12. The van der Waals surface area contributed by atoms with Crippen molar-refractivity contribution in [1.82, 2.24) is 10.0 Å². The third kappa shape index (κ3) is 4.21. The molecule has 82 valence electrons. The van der Waals surface area contributed by atoms with E-state index in [9.17, 15) is 8.42 Å². The maximum Gasteiger partial charge on any atom is 0.215 e. The lowest BCUT2D eigenvalue weighted by atomic mass is 10.2. The van der Waals surface area contributed by atoms with Gasteiger partial charge in [0.15, 0.2) is 0 Å². The van der Waals surface area contributed by atoms with E-state index >= 15 is 0 Å². The Morgan fingerprint density at radius 1 is 1.57 bits per heavy atom. The van der Waals surface area contributed by atoms with Crippen LogP contribution in [0.25, 0.3) is 0 Å². The van der Waals surface area contributed by atoms with Gasteiger partial charge in [-0.1, -0.05) is 6.08 Å². The third-order valence-electron chi connectivity index (χ3n) is 2.31. The minimum Gasteiger partial charge on any atom is -0.314 e. The molecule has 0 saturated carbocycles. The highest BCUT2D eigenvalue weighted by molar-refractivity contribution is 7.89. The molecule has 1 aliphatic rings. The molecule has 0 aliphatic carbocycles. The van der Waals surface area contributed by atoms with Crippen molar-refractivity contribution in [2.45, 2.75) is 25.3 Å². The molecule has 0 aromatic carbocycles. The molecule has 0 aromatic heterocycles. The van der Waals surface area contributed by atoms with E-state index in [0.717, 1.165) is 19.4 Å². The Labute approximate surface area is 85.8 Å². The predicted molar refractivity (Wildman–Crippen MR) is 57.6 cm³/mol. The van der Waals surface area contributed by atoms with Crippen LogP contribution in [-0.2, 0) is 10.0 Å². The molecule has 0 radical (unpaired) electrons. The maximum absolute atomic E-state index is 11.2. The molecule has 1 aliphatic heterocycles. The van der Waals surface area contributed by atoms with E-state index in [1.165, 1.54) is 12.5 Å². The summed E-state index contributed by atoms with van der Waals surface area (Å²) >= 11 is 0. The molecule has 4 nitrogen and oxygen atoms in total. The average Bonchev–Trinajstić information content (AvgIpc) is 2.56. The van der Waals surface area contributed by atoms with Crippen molar-refractivity contribution < 1.29 is 8.42 Å². The van der Waals surface area contributed by atoms with Crippen LogP contribution < -0.4 is 10.0 Å². The highest BCUT2D eigenvalue weighted by Crippen LogP contribution is 2.07. The Kier molecular flexibility index (Phi) is 4.57. The molecule has 14 heavy (non-hydrogen) atoms. The number of hydrogen-bond acceptors (Lipinski definition) is 3. The number of sulfonamides is 1.